The van der Waals surface area contributed by atoms with Crippen LogP contribution in [0.15, 0.2) is 22.6 Å². The van der Waals surface area contributed by atoms with Gasteiger partial charge < -0.3 is 4.42 Å². The maximum atomic E-state index is 13.0. The molecule has 0 bridgehead atoms. The molecule has 2 aromatic rings. The maximum absolute atomic E-state index is 13.0. The normalized spacial score (nSPS) is 10.8. The predicted molar refractivity (Wildman–Crippen MR) is 43.3 cm³/mol. The van der Waals surface area contributed by atoms with Gasteiger partial charge in [0.25, 0.3) is 0 Å². The zero-order valence-electron chi connectivity index (χ0n) is 6.67. The van der Waals surface area contributed by atoms with Crippen LogP contribution in [0.2, 0.25) is 0 Å². The predicted octanol–water partition coefficient (Wildman–Crippen LogP) is 2.53. The van der Waals surface area contributed by atoms with Gasteiger partial charge in [-0.25, -0.2) is 9.37 Å². The molecule has 3 heteroatoms. The number of para-hydroxylation sites is 1. The fourth-order valence-corrected chi connectivity index (χ4v) is 1.11. The molecule has 0 N–H and O–H groups in total. The molecule has 62 valence electrons. The molecule has 0 aliphatic carbocycles. The van der Waals surface area contributed by atoms with Gasteiger partial charge in [0.05, 0.1) is 0 Å². The number of fused-ring (bicyclic) bond motifs is 1. The molecule has 0 fully saturated rings. The highest BCUT2D eigenvalue weighted by Gasteiger charge is 2.06. The number of aryl methyl sites for hydroxylation is 1. The Bertz CT molecular complexity index is 408. The third-order valence-electron chi connectivity index (χ3n) is 1.72. The molecule has 2 rings (SSSR count). The van der Waals surface area contributed by atoms with Crippen molar-refractivity contribution in [1.82, 2.24) is 4.98 Å². The number of oxazole rings is 1. The highest BCUT2D eigenvalue weighted by Crippen LogP contribution is 2.18. The molecular formula is C9H8FNO. The Hall–Kier alpha value is -1.38. The Kier molecular flexibility index (Phi) is 1.57. The van der Waals surface area contributed by atoms with Crippen molar-refractivity contribution in [2.75, 3.05) is 0 Å². The molecule has 1 aromatic carbocycles. The lowest BCUT2D eigenvalue weighted by Crippen LogP contribution is -1.78. The van der Waals surface area contributed by atoms with Gasteiger partial charge >= 0.3 is 0 Å². The Morgan fingerprint density at radius 3 is 3.00 bits per heavy atom. The van der Waals surface area contributed by atoms with Crippen molar-refractivity contribution in [3.63, 3.8) is 0 Å². The van der Waals surface area contributed by atoms with E-state index < -0.39 is 0 Å². The van der Waals surface area contributed by atoms with E-state index in [1.165, 1.54) is 6.07 Å². The summed E-state index contributed by atoms with van der Waals surface area (Å²) in [6, 6.07) is 4.71. The average molecular weight is 165 g/mol. The highest BCUT2D eigenvalue weighted by molar-refractivity contribution is 5.72. The Morgan fingerprint density at radius 2 is 2.33 bits per heavy atom. The molecular weight excluding hydrogens is 157 g/mol. The summed E-state index contributed by atoms with van der Waals surface area (Å²) in [6.45, 7) is 1.92. The third-order valence-corrected chi connectivity index (χ3v) is 1.72. The summed E-state index contributed by atoms with van der Waals surface area (Å²) in [5, 5.41) is 0. The number of hydrogen-bond donors (Lipinski definition) is 0. The van der Waals surface area contributed by atoms with Gasteiger partial charge in [-0.2, -0.15) is 0 Å². The van der Waals surface area contributed by atoms with E-state index in [1.54, 1.807) is 12.1 Å². The summed E-state index contributed by atoms with van der Waals surface area (Å²) < 4.78 is 18.3. The smallest absolute Gasteiger partial charge is 0.195 e. The number of rotatable bonds is 1. The van der Waals surface area contributed by atoms with Gasteiger partial charge in [-0.15, -0.1) is 0 Å². The van der Waals surface area contributed by atoms with E-state index in [-0.39, 0.29) is 5.82 Å². The molecule has 0 atom stereocenters. The van der Waals surface area contributed by atoms with Gasteiger partial charge in [0.15, 0.2) is 17.3 Å². The van der Waals surface area contributed by atoms with E-state index in [9.17, 15) is 4.39 Å². The van der Waals surface area contributed by atoms with Crippen LogP contribution in [-0.4, -0.2) is 4.98 Å². The van der Waals surface area contributed by atoms with Crippen LogP contribution in [0.1, 0.15) is 12.8 Å². The second-order valence-electron chi connectivity index (χ2n) is 2.55. The molecule has 12 heavy (non-hydrogen) atoms. The lowest BCUT2D eigenvalue weighted by atomic mass is 10.3. The van der Waals surface area contributed by atoms with Gasteiger partial charge in [0.2, 0.25) is 0 Å². The molecule has 1 aromatic heterocycles. The van der Waals surface area contributed by atoms with Crippen LogP contribution in [-0.2, 0) is 6.42 Å². The van der Waals surface area contributed by atoms with E-state index in [2.05, 4.69) is 4.98 Å². The van der Waals surface area contributed by atoms with Crippen molar-refractivity contribution in [2.24, 2.45) is 0 Å². The maximum Gasteiger partial charge on any atom is 0.195 e. The lowest BCUT2D eigenvalue weighted by Gasteiger charge is -1.85. The van der Waals surface area contributed by atoms with E-state index >= 15 is 0 Å². The first-order chi connectivity index (χ1) is 5.81. The summed E-state index contributed by atoms with van der Waals surface area (Å²) in [6.07, 6.45) is 0.689. The molecule has 0 aliphatic rings. The van der Waals surface area contributed by atoms with Gasteiger partial charge in [0.1, 0.15) is 5.52 Å². The Morgan fingerprint density at radius 1 is 1.50 bits per heavy atom. The second kappa shape index (κ2) is 2.59. The van der Waals surface area contributed by atoms with Crippen LogP contribution >= 0.6 is 0 Å². The molecule has 0 spiro atoms. The first-order valence-corrected chi connectivity index (χ1v) is 3.85. The standard InChI is InChI=1S/C9H8FNO/c1-2-8-11-9-6(10)4-3-5-7(9)12-8/h3-5H,2H2,1H3. The second-order valence-corrected chi connectivity index (χ2v) is 2.55. The summed E-state index contributed by atoms with van der Waals surface area (Å²) >= 11 is 0. The van der Waals surface area contributed by atoms with E-state index in [4.69, 9.17) is 4.42 Å². The molecule has 1 heterocycles. The van der Waals surface area contributed by atoms with E-state index in [0.717, 1.165) is 0 Å². The average Bonchev–Trinajstić information content (AvgIpc) is 2.49. The van der Waals surface area contributed by atoms with Crippen molar-refractivity contribution in [2.45, 2.75) is 13.3 Å². The van der Waals surface area contributed by atoms with Gasteiger partial charge in [-0.1, -0.05) is 13.0 Å². The van der Waals surface area contributed by atoms with Crippen LogP contribution in [0.25, 0.3) is 11.1 Å². The van der Waals surface area contributed by atoms with Crippen LogP contribution in [0.3, 0.4) is 0 Å². The van der Waals surface area contributed by atoms with Crippen molar-refractivity contribution in [1.29, 1.82) is 0 Å². The molecule has 0 saturated heterocycles. The molecule has 2 nitrogen and oxygen atoms in total. The summed E-state index contributed by atoms with van der Waals surface area (Å²) in [5.41, 5.74) is 0.848. The van der Waals surface area contributed by atoms with Crippen molar-refractivity contribution >= 4 is 11.1 Å². The molecule has 0 radical (unpaired) electrons. The lowest BCUT2D eigenvalue weighted by molar-refractivity contribution is 0.538. The molecule has 0 aliphatic heterocycles. The van der Waals surface area contributed by atoms with E-state index in [0.29, 0.717) is 23.4 Å². The van der Waals surface area contributed by atoms with Crippen LogP contribution in [0.5, 0.6) is 0 Å². The quantitative estimate of drug-likeness (QED) is 0.649. The fraction of sp³-hybridized carbons (Fsp3) is 0.222. The zero-order chi connectivity index (χ0) is 8.55. The molecule has 0 unspecified atom stereocenters. The summed E-state index contributed by atoms with van der Waals surface area (Å²) in [7, 11) is 0. The zero-order valence-corrected chi connectivity index (χ0v) is 6.67. The van der Waals surface area contributed by atoms with Crippen LogP contribution in [0, 0.1) is 5.82 Å². The number of nitrogens with zero attached hydrogens (tertiary/aromatic N) is 1. The summed E-state index contributed by atoms with van der Waals surface area (Å²) in [5.74, 6) is 0.256. The number of aromatic nitrogens is 1. The first kappa shape index (κ1) is 7.28. The van der Waals surface area contributed by atoms with Crippen molar-refractivity contribution in [3.05, 3.63) is 29.9 Å². The number of benzene rings is 1. The summed E-state index contributed by atoms with van der Waals surface area (Å²) in [4.78, 5) is 3.99. The fourth-order valence-electron chi connectivity index (χ4n) is 1.11. The molecule has 0 saturated carbocycles. The Labute approximate surface area is 69.0 Å². The van der Waals surface area contributed by atoms with Crippen LogP contribution < -0.4 is 0 Å². The van der Waals surface area contributed by atoms with Crippen molar-refractivity contribution < 1.29 is 8.81 Å². The third kappa shape index (κ3) is 0.978. The minimum atomic E-state index is -0.323. The van der Waals surface area contributed by atoms with E-state index in [1.807, 2.05) is 6.92 Å². The number of halogens is 1. The minimum absolute atomic E-state index is 0.323. The van der Waals surface area contributed by atoms with Gasteiger partial charge in [-0.3, -0.25) is 0 Å². The highest BCUT2D eigenvalue weighted by atomic mass is 19.1. The van der Waals surface area contributed by atoms with Crippen LogP contribution in [0.4, 0.5) is 4.39 Å². The topological polar surface area (TPSA) is 26.0 Å². The minimum Gasteiger partial charge on any atom is -0.441 e. The Balaban J connectivity index is 2.74. The van der Waals surface area contributed by atoms with Gasteiger partial charge in [-0.05, 0) is 12.1 Å². The largest absolute Gasteiger partial charge is 0.441 e. The van der Waals surface area contributed by atoms with Gasteiger partial charge in [0, 0.05) is 6.42 Å². The SMILES string of the molecule is CCc1nc2c(F)cccc2o1. The monoisotopic (exact) mass is 165 g/mol. The molecule has 0 amide bonds. The number of hydrogen-bond acceptors (Lipinski definition) is 2. The van der Waals surface area contributed by atoms with Crippen molar-refractivity contribution in [3.8, 4) is 0 Å². The first-order valence-electron chi connectivity index (χ1n) is 3.85.